The van der Waals surface area contributed by atoms with Gasteiger partial charge in [0.25, 0.3) is 7.82 Å². The van der Waals surface area contributed by atoms with E-state index in [4.69, 9.17) is 126 Å². The van der Waals surface area contributed by atoms with E-state index in [9.17, 15) is 18.3 Å². The molecule has 3 aliphatic heterocycles. The first-order chi connectivity index (χ1) is 28.8. The molecule has 3 fully saturated rings. The molecule has 0 aromatic rings. The summed E-state index contributed by atoms with van der Waals surface area (Å²) in [7, 11) is -7.59. The Morgan fingerprint density at radius 3 is 1.14 bits per heavy atom. The molecule has 44 heteroatoms. The maximum atomic E-state index is 11.3. The summed E-state index contributed by atoms with van der Waals surface area (Å²) in [6.07, 6.45) is 3.45. The van der Waals surface area contributed by atoms with E-state index in [0.717, 1.165) is 40.8 Å². The van der Waals surface area contributed by atoms with Crippen LogP contribution in [-0.2, 0) is 113 Å². The molecule has 66 heavy (non-hydrogen) atoms. The quantitative estimate of drug-likeness (QED) is 0.0464. The third-order valence-corrected chi connectivity index (χ3v) is 8.28. The number of aliphatic hydroxyl groups excluding tert-OH is 3. The van der Waals surface area contributed by atoms with Crippen molar-refractivity contribution in [1.82, 2.24) is 0 Å². The van der Waals surface area contributed by atoms with E-state index >= 15 is 0 Å². The van der Waals surface area contributed by atoms with Crippen LogP contribution in [0.15, 0.2) is 0 Å². The molecular weight excluding hydrogens is 1140 g/mol. The zero-order chi connectivity index (χ0) is 52.8. The molecule has 32 nitrogen and oxygen atoms in total. The summed E-state index contributed by atoms with van der Waals surface area (Å²) >= 11 is 3.49. The van der Waals surface area contributed by atoms with Gasteiger partial charge in [-0.15, -0.1) is 0 Å². The van der Waals surface area contributed by atoms with Crippen LogP contribution in [0.25, 0.3) is 0 Å². The van der Waals surface area contributed by atoms with Gasteiger partial charge in [0.2, 0.25) is 0 Å². The molecule has 0 aliphatic carbocycles. The van der Waals surface area contributed by atoms with Gasteiger partial charge in [-0.05, 0) is 30.6 Å². The first-order valence-corrected chi connectivity index (χ1v) is 28.8. The summed E-state index contributed by atoms with van der Waals surface area (Å²) in [6.45, 7) is -1.06. The van der Waals surface area contributed by atoms with Crippen molar-refractivity contribution >= 4 is 88.7 Å². The predicted molar refractivity (Wildman–Crippen MR) is 221 cm³/mol. The molecular formula is C22H53B3NO31P7SY-3. The molecule has 388 valence electrons. The van der Waals surface area contributed by atoms with Crippen molar-refractivity contribution in [3.05, 3.63) is 19.8 Å². The number of phosphoric ester groups is 3. The van der Waals surface area contributed by atoms with Gasteiger partial charge < -0.3 is 100 Å². The summed E-state index contributed by atoms with van der Waals surface area (Å²) in [5, 5.41) is 25.8. The Kier molecular flexibility index (Phi) is 47.9. The van der Waals surface area contributed by atoms with Crippen LogP contribution in [0.3, 0.4) is 0 Å². The van der Waals surface area contributed by atoms with Crippen molar-refractivity contribution in [2.24, 2.45) is 5.50 Å². The van der Waals surface area contributed by atoms with Crippen LogP contribution >= 0.6 is 53.4 Å². The minimum Gasteiger partial charge on any atom is -0.780 e. The second kappa shape index (κ2) is 39.7. The second-order valence-corrected chi connectivity index (χ2v) is 22.2. The standard InChI is InChI=1S/C6H17O12P3.3C5H8BO2.CH5O3P.H4NO3P.H3O4P.H3O3PS.Y/c1-13-19(7,8)16-4-6(18-21(11,12)15-3)5-17-20(9,10)14-2;1-3-2-4(7)5(6)8-3;2*6-5-2-1-4(3-7)8-5;3*1-5(2,3)4;1-4(2,3)5;/h6H,4-5H2,1-3H3,(H,7,8)(H,9,10)(H,11,12);3-5,7H,1-2H2;2*1,4-5,7H,2-3H2;1H3,(H2,2,3,4);(H4,1,2,3,4);(H3,1,2,3,4);(H3,1,2,3,5);/q;3*-1;;;;;+3/p-3. The van der Waals surface area contributed by atoms with Gasteiger partial charge >= 0.3 is 63.8 Å². The normalized spacial score (nSPS) is 26.3. The van der Waals surface area contributed by atoms with Crippen LogP contribution in [0.2, 0.25) is 0 Å². The fourth-order valence-corrected chi connectivity index (χ4v) is 4.56. The Hall–Kier alpha value is 2.29. The molecule has 3 rings (SSSR count). The van der Waals surface area contributed by atoms with Crippen LogP contribution in [0, 0.1) is 19.8 Å². The van der Waals surface area contributed by atoms with E-state index < -0.39 is 84.8 Å². The Morgan fingerprint density at radius 1 is 0.727 bits per heavy atom. The molecule has 3 heterocycles. The van der Waals surface area contributed by atoms with Gasteiger partial charge in [0.05, 0.1) is 19.3 Å². The zero-order valence-corrected chi connectivity index (χ0v) is 44.9. The van der Waals surface area contributed by atoms with E-state index in [1.807, 2.05) is 12.8 Å². The van der Waals surface area contributed by atoms with Gasteiger partial charge in [-0.3, -0.25) is 59.2 Å². The van der Waals surface area contributed by atoms with Gasteiger partial charge in [0.15, 0.2) is 7.75 Å². The molecule has 3 aliphatic rings. The van der Waals surface area contributed by atoms with Gasteiger partial charge in [0.1, 0.15) is 36.4 Å². The monoisotopic (exact) mass is 1200 g/mol. The number of ether oxygens (including phenoxy) is 3. The molecule has 6 radical (unpaired) electrons. The smallest absolute Gasteiger partial charge is 0.780 e. The summed E-state index contributed by atoms with van der Waals surface area (Å²) in [4.78, 5) is 106. The minimum absolute atomic E-state index is 0. The summed E-state index contributed by atoms with van der Waals surface area (Å²) in [5.74, 6) is 0. The zero-order valence-electron chi connectivity index (χ0n) is 35.0. The van der Waals surface area contributed by atoms with Gasteiger partial charge in [-0.2, -0.15) is 12.8 Å². The summed E-state index contributed by atoms with van der Waals surface area (Å²) < 4.78 is 101. The number of hydrogen-bond donors (Lipinski definition) is 14. The molecule has 0 aromatic carbocycles. The van der Waals surface area contributed by atoms with E-state index in [0.29, 0.717) is 6.42 Å². The molecule has 0 bridgehead atoms. The number of hydrogen-bond acceptors (Lipinski definition) is 22. The molecule has 0 spiro atoms. The van der Waals surface area contributed by atoms with Crippen molar-refractivity contribution in [3.63, 3.8) is 0 Å². The summed E-state index contributed by atoms with van der Waals surface area (Å²) in [5.41, 5.74) is 3.91. The largest absolute Gasteiger partial charge is 3.00 e. The predicted octanol–water partition coefficient (Wildman–Crippen LogP) is -5.76. The van der Waals surface area contributed by atoms with Crippen LogP contribution in [0.4, 0.5) is 0 Å². The average molecular weight is 1200 g/mol. The van der Waals surface area contributed by atoms with Crippen LogP contribution in [0.1, 0.15) is 19.3 Å². The van der Waals surface area contributed by atoms with Gasteiger partial charge in [-0.1, -0.05) is 17.9 Å². The Labute approximate surface area is 414 Å². The number of rotatable bonds is 13. The topological polar surface area (TPSA) is 544 Å². The first-order valence-electron chi connectivity index (χ1n) is 16.5. The van der Waals surface area contributed by atoms with Crippen LogP contribution in [0.5, 0.6) is 0 Å². The van der Waals surface area contributed by atoms with Crippen LogP contribution in [-0.4, -0.2) is 191 Å². The SMILES string of the molecule is COP(=O)(O)OCC(COP(=O)(O)OC)OP(=O)(O)OC.CP(=O)(O)O.NP(=O)([O-])O.O=P([O-])(O)O.[B]C1C[CH-]C(CO)O1.[B]C1C[CH-]C(CO)O1.[B]C1OC([CH2-])CC1O.[O-]P(O)(O)=S.[Y+3]. The Balaban J connectivity index is -0.000000168. The Bertz CT molecular complexity index is 1410. The maximum Gasteiger partial charge on any atom is 3.00 e. The Morgan fingerprint density at radius 2 is 1.00 bits per heavy atom. The first kappa shape index (κ1) is 79.7. The second-order valence-electron chi connectivity index (χ2n) is 11.4. The van der Waals surface area contributed by atoms with E-state index in [1.165, 1.54) is 0 Å². The molecule has 0 aromatic heterocycles. The number of phosphoric acid groups is 4. The third-order valence-electron chi connectivity index (χ3n) is 5.38. The van der Waals surface area contributed by atoms with E-state index in [2.05, 4.69) is 51.4 Å². The molecule has 11 unspecified atom stereocenters. The molecule has 15 N–H and O–H groups in total. The molecule has 3 saturated heterocycles. The average Bonchev–Trinajstić information content (AvgIpc) is 3.82. The maximum absolute atomic E-state index is 11.3. The summed E-state index contributed by atoms with van der Waals surface area (Å²) in [6, 6.07) is -0.892. The number of nitrogens with two attached hydrogens (primary N) is 1. The molecule has 0 saturated carbocycles. The van der Waals surface area contributed by atoms with Crippen molar-refractivity contribution in [1.29, 1.82) is 0 Å². The van der Waals surface area contributed by atoms with E-state index in [1.54, 1.807) is 0 Å². The van der Waals surface area contributed by atoms with E-state index in [-0.39, 0.29) is 76.2 Å². The fourth-order valence-electron chi connectivity index (χ4n) is 3.05. The minimum atomic E-state index is -4.89. The molecule has 0 amide bonds. The van der Waals surface area contributed by atoms with Crippen molar-refractivity contribution in [2.75, 3.05) is 54.4 Å². The molecule has 11 atom stereocenters. The third kappa shape index (κ3) is 72.8. The van der Waals surface area contributed by atoms with Gasteiger partial charge in [0, 0.05) is 47.2 Å². The van der Waals surface area contributed by atoms with Crippen molar-refractivity contribution in [2.45, 2.75) is 67.8 Å². The fraction of sp³-hybridized carbons (Fsp3) is 0.864. The van der Waals surface area contributed by atoms with Gasteiger partial charge in [-0.25, -0.2) is 13.7 Å². The van der Waals surface area contributed by atoms with Crippen LogP contribution < -0.4 is 20.2 Å². The van der Waals surface area contributed by atoms with Crippen molar-refractivity contribution in [3.8, 4) is 0 Å². The van der Waals surface area contributed by atoms with Crippen molar-refractivity contribution < 1.29 is 180 Å². The number of aliphatic hydroxyl groups is 3.